The molecule has 0 atom stereocenters. The van der Waals surface area contributed by atoms with E-state index in [1.54, 1.807) is 12.2 Å². The van der Waals surface area contributed by atoms with Gasteiger partial charge >= 0.3 is 0 Å². The molecular weight excluding hydrogens is 232 g/mol. The van der Waals surface area contributed by atoms with Crippen LogP contribution in [0.15, 0.2) is 46.5 Å². The number of allylic oxidation sites excluding steroid dienone is 2. The van der Waals surface area contributed by atoms with Crippen LogP contribution in [0.3, 0.4) is 0 Å². The molecule has 17 heavy (non-hydrogen) atoms. The molecule has 0 saturated heterocycles. The largest absolute Gasteiger partial charge is 0.410 e. The average molecular weight is 242 g/mol. The van der Waals surface area contributed by atoms with E-state index in [-0.39, 0.29) is 0 Å². The molecule has 1 N–H and O–H groups in total. The predicted molar refractivity (Wildman–Crippen MR) is 69.7 cm³/mol. The summed E-state index contributed by atoms with van der Waals surface area (Å²) in [4.78, 5) is 0.814. The van der Waals surface area contributed by atoms with Gasteiger partial charge in [0.05, 0.1) is 5.57 Å². The van der Waals surface area contributed by atoms with Crippen LogP contribution in [-0.4, -0.2) is 10.3 Å². The van der Waals surface area contributed by atoms with Crippen LogP contribution in [0.2, 0.25) is 0 Å². The van der Waals surface area contributed by atoms with Gasteiger partial charge in [-0.15, -0.1) is 0 Å². The van der Waals surface area contributed by atoms with E-state index < -0.39 is 0 Å². The van der Waals surface area contributed by atoms with Crippen molar-refractivity contribution in [3.8, 4) is 6.07 Å². The number of hydrogen-bond donors (Lipinski definition) is 1. The van der Waals surface area contributed by atoms with Crippen LogP contribution in [-0.2, 0) is 0 Å². The Bertz CT molecular complexity index is 579. The lowest BCUT2D eigenvalue weighted by molar-refractivity contribution is 0.321. The number of benzene rings is 1. The first kappa shape index (κ1) is 11.5. The SMILES string of the molecule is Cc1ccccc1/C(C#N)=C1C=C/C(=N\O)S/1. The van der Waals surface area contributed by atoms with Gasteiger partial charge in [0.15, 0.2) is 0 Å². The second-order valence-electron chi connectivity index (χ2n) is 3.54. The molecule has 1 aromatic carbocycles. The molecule has 3 nitrogen and oxygen atoms in total. The molecule has 1 aliphatic rings. The molecule has 1 aliphatic heterocycles. The van der Waals surface area contributed by atoms with E-state index >= 15 is 0 Å². The number of oxime groups is 1. The molecule has 0 aromatic heterocycles. The summed E-state index contributed by atoms with van der Waals surface area (Å²) in [7, 11) is 0. The van der Waals surface area contributed by atoms with E-state index in [1.165, 1.54) is 11.8 Å². The maximum absolute atomic E-state index is 9.27. The fourth-order valence-electron chi connectivity index (χ4n) is 1.62. The van der Waals surface area contributed by atoms with Gasteiger partial charge in [-0.1, -0.05) is 41.2 Å². The molecule has 0 bridgehead atoms. The van der Waals surface area contributed by atoms with Gasteiger partial charge in [-0.05, 0) is 30.2 Å². The molecule has 0 fully saturated rings. The van der Waals surface area contributed by atoms with Gasteiger partial charge in [0.2, 0.25) is 0 Å². The highest BCUT2D eigenvalue weighted by Gasteiger charge is 2.16. The molecule has 0 radical (unpaired) electrons. The van der Waals surface area contributed by atoms with Crippen LogP contribution >= 0.6 is 11.8 Å². The van der Waals surface area contributed by atoms with Crippen molar-refractivity contribution >= 4 is 22.4 Å². The third-order valence-electron chi connectivity index (χ3n) is 2.46. The van der Waals surface area contributed by atoms with E-state index in [2.05, 4.69) is 11.2 Å². The standard InChI is InChI=1S/C13H10N2OS/c1-9-4-2-3-5-10(9)11(8-14)12-6-7-13(15-16)17-12/h2-7,16H,1H3/b12-11-,15-13+. The molecule has 0 spiro atoms. The van der Waals surface area contributed by atoms with E-state index in [0.29, 0.717) is 10.6 Å². The summed E-state index contributed by atoms with van der Waals surface area (Å²) in [6, 6.07) is 9.96. The van der Waals surface area contributed by atoms with E-state index in [9.17, 15) is 5.26 Å². The van der Waals surface area contributed by atoms with Crippen LogP contribution in [0.1, 0.15) is 11.1 Å². The van der Waals surface area contributed by atoms with Crippen molar-refractivity contribution in [3.63, 3.8) is 0 Å². The molecule has 0 saturated carbocycles. The van der Waals surface area contributed by atoms with Crippen molar-refractivity contribution in [1.29, 1.82) is 5.26 Å². The summed E-state index contributed by atoms with van der Waals surface area (Å²) in [5.74, 6) is 0. The minimum Gasteiger partial charge on any atom is -0.410 e. The molecule has 1 heterocycles. The molecule has 1 aromatic rings. The molecule has 2 rings (SSSR count). The highest BCUT2D eigenvalue weighted by Crippen LogP contribution is 2.34. The second-order valence-corrected chi connectivity index (χ2v) is 4.60. The van der Waals surface area contributed by atoms with E-state index in [0.717, 1.165) is 16.0 Å². The van der Waals surface area contributed by atoms with Crippen LogP contribution < -0.4 is 0 Å². The first-order valence-electron chi connectivity index (χ1n) is 5.04. The number of nitriles is 1. The van der Waals surface area contributed by atoms with Crippen LogP contribution in [0.4, 0.5) is 0 Å². The van der Waals surface area contributed by atoms with Crippen molar-refractivity contribution in [2.75, 3.05) is 0 Å². The average Bonchev–Trinajstić information content (AvgIpc) is 2.81. The molecular formula is C13H10N2OS. The quantitative estimate of drug-likeness (QED) is 0.467. The Hall–Kier alpha value is -1.99. The lowest BCUT2D eigenvalue weighted by Gasteiger charge is -2.05. The van der Waals surface area contributed by atoms with Gasteiger partial charge in [0.1, 0.15) is 11.1 Å². The maximum Gasteiger partial charge on any atom is 0.140 e. The first-order valence-corrected chi connectivity index (χ1v) is 5.86. The van der Waals surface area contributed by atoms with Crippen LogP contribution in [0, 0.1) is 18.3 Å². The van der Waals surface area contributed by atoms with E-state index in [4.69, 9.17) is 5.21 Å². The number of rotatable bonds is 1. The number of hydrogen-bond acceptors (Lipinski definition) is 4. The van der Waals surface area contributed by atoms with Crippen molar-refractivity contribution in [2.45, 2.75) is 6.92 Å². The predicted octanol–water partition coefficient (Wildman–Crippen LogP) is 3.32. The second kappa shape index (κ2) is 4.89. The van der Waals surface area contributed by atoms with Crippen LogP contribution in [0.25, 0.3) is 5.57 Å². The minimum atomic E-state index is 0.501. The smallest absolute Gasteiger partial charge is 0.140 e. The van der Waals surface area contributed by atoms with Gasteiger partial charge < -0.3 is 5.21 Å². The van der Waals surface area contributed by atoms with Crippen molar-refractivity contribution in [1.82, 2.24) is 0 Å². The van der Waals surface area contributed by atoms with Gasteiger partial charge in [-0.25, -0.2) is 0 Å². The number of thioether (sulfide) groups is 1. The number of aryl methyl sites for hydroxylation is 1. The summed E-state index contributed by atoms with van der Waals surface area (Å²) >= 11 is 1.29. The fourth-order valence-corrected chi connectivity index (χ4v) is 2.41. The lowest BCUT2D eigenvalue weighted by atomic mass is 10.0. The summed E-state index contributed by atoms with van der Waals surface area (Å²) in [6.45, 7) is 1.97. The Labute approximate surface area is 104 Å². The van der Waals surface area contributed by atoms with Gasteiger partial charge in [-0.3, -0.25) is 0 Å². The molecule has 84 valence electrons. The Morgan fingerprint density at radius 1 is 1.35 bits per heavy atom. The topological polar surface area (TPSA) is 56.4 Å². The monoisotopic (exact) mass is 242 g/mol. The van der Waals surface area contributed by atoms with Gasteiger partial charge in [0, 0.05) is 4.91 Å². The molecule has 0 unspecified atom stereocenters. The Kier molecular flexibility index (Phi) is 3.31. The van der Waals surface area contributed by atoms with Gasteiger partial charge in [-0.2, -0.15) is 5.26 Å². The zero-order valence-corrected chi connectivity index (χ0v) is 10.0. The Morgan fingerprint density at radius 2 is 2.12 bits per heavy atom. The number of nitrogens with zero attached hydrogens (tertiary/aromatic N) is 2. The van der Waals surface area contributed by atoms with Crippen molar-refractivity contribution in [3.05, 3.63) is 52.4 Å². The third kappa shape index (κ3) is 2.24. The third-order valence-corrected chi connectivity index (χ3v) is 3.45. The molecule has 0 amide bonds. The fraction of sp³-hybridized carbons (Fsp3) is 0.0769. The van der Waals surface area contributed by atoms with E-state index in [1.807, 2.05) is 31.2 Å². The highest BCUT2D eigenvalue weighted by molar-refractivity contribution is 8.18. The summed E-state index contributed by atoms with van der Waals surface area (Å²) in [5, 5.41) is 21.6. The first-order chi connectivity index (χ1) is 8.26. The summed E-state index contributed by atoms with van der Waals surface area (Å²) in [6.07, 6.45) is 3.49. The zero-order valence-electron chi connectivity index (χ0n) is 9.21. The maximum atomic E-state index is 9.27. The summed E-state index contributed by atoms with van der Waals surface area (Å²) < 4.78 is 0. The Balaban J connectivity index is 2.50. The summed E-state index contributed by atoms with van der Waals surface area (Å²) in [5.41, 5.74) is 2.59. The van der Waals surface area contributed by atoms with Crippen molar-refractivity contribution < 1.29 is 5.21 Å². The minimum absolute atomic E-state index is 0.501. The normalized spacial score (nSPS) is 19.4. The molecule has 0 aliphatic carbocycles. The lowest BCUT2D eigenvalue weighted by Crippen LogP contribution is -1.88. The van der Waals surface area contributed by atoms with Crippen molar-refractivity contribution in [2.24, 2.45) is 5.16 Å². The van der Waals surface area contributed by atoms with Gasteiger partial charge in [0.25, 0.3) is 0 Å². The van der Waals surface area contributed by atoms with Crippen LogP contribution in [0.5, 0.6) is 0 Å². The Morgan fingerprint density at radius 3 is 2.71 bits per heavy atom. The zero-order chi connectivity index (χ0) is 12.3. The highest BCUT2D eigenvalue weighted by atomic mass is 32.2. The molecule has 4 heteroatoms.